The smallest absolute Gasteiger partial charge is 0.0931 e. The van der Waals surface area contributed by atoms with Gasteiger partial charge in [0.25, 0.3) is 0 Å². The van der Waals surface area contributed by atoms with Gasteiger partial charge >= 0.3 is 0 Å². The molecule has 2 aromatic rings. The predicted octanol–water partition coefficient (Wildman–Crippen LogP) is 3.60. The number of thiophene rings is 1. The fourth-order valence-corrected chi connectivity index (χ4v) is 4.15. The van der Waals surface area contributed by atoms with E-state index in [1.54, 1.807) is 0 Å². The van der Waals surface area contributed by atoms with Gasteiger partial charge in [0.1, 0.15) is 0 Å². The molecule has 0 aliphatic rings. The molecule has 0 saturated heterocycles. The Hall–Kier alpha value is -0.840. The fraction of sp³-hybridized carbons (Fsp3) is 0.167. The molecule has 0 spiro atoms. The molecule has 1 heterocycles. The number of nitrogen functional groups attached to an aromatic ring is 1. The topological polar surface area (TPSA) is 43.1 Å². The molecule has 0 aliphatic carbocycles. The van der Waals surface area contributed by atoms with Gasteiger partial charge in [-0.25, -0.2) is 0 Å². The van der Waals surface area contributed by atoms with E-state index in [0.29, 0.717) is 11.4 Å². The predicted molar refractivity (Wildman–Crippen MR) is 75.0 cm³/mol. The maximum atomic E-state index is 12.2. The van der Waals surface area contributed by atoms with Gasteiger partial charge in [0, 0.05) is 15.5 Å². The summed E-state index contributed by atoms with van der Waals surface area (Å²) in [5.74, 6) is 0.488. The molecule has 0 fully saturated rings. The van der Waals surface area contributed by atoms with Gasteiger partial charge < -0.3 is 5.73 Å². The first-order chi connectivity index (χ1) is 8.08. The van der Waals surface area contributed by atoms with Crippen molar-refractivity contribution >= 4 is 39.4 Å². The van der Waals surface area contributed by atoms with Crippen molar-refractivity contribution in [2.24, 2.45) is 0 Å². The van der Waals surface area contributed by atoms with Gasteiger partial charge in [-0.2, -0.15) is 0 Å². The van der Waals surface area contributed by atoms with Gasteiger partial charge in [0.05, 0.1) is 20.9 Å². The molecule has 0 radical (unpaired) electrons. The van der Waals surface area contributed by atoms with Crippen molar-refractivity contribution in [1.29, 1.82) is 0 Å². The summed E-state index contributed by atoms with van der Waals surface area (Å²) >= 11 is 7.31. The molecule has 1 aromatic carbocycles. The van der Waals surface area contributed by atoms with E-state index in [2.05, 4.69) is 0 Å². The van der Waals surface area contributed by atoms with E-state index >= 15 is 0 Å². The minimum atomic E-state index is -1.07. The lowest BCUT2D eigenvalue weighted by molar-refractivity contribution is 0.682. The van der Waals surface area contributed by atoms with E-state index in [1.165, 1.54) is 11.3 Å². The highest BCUT2D eigenvalue weighted by Gasteiger charge is 2.11. The molecule has 0 bridgehead atoms. The highest BCUT2D eigenvalue weighted by Crippen LogP contribution is 2.26. The van der Waals surface area contributed by atoms with Crippen LogP contribution < -0.4 is 5.73 Å². The monoisotopic (exact) mass is 285 g/mol. The Morgan fingerprint density at radius 2 is 2.12 bits per heavy atom. The molecule has 0 saturated carbocycles. The molecular weight excluding hydrogens is 274 g/mol. The minimum absolute atomic E-state index is 0.488. The third-order valence-electron chi connectivity index (χ3n) is 2.47. The van der Waals surface area contributed by atoms with Crippen LogP contribution in [0.5, 0.6) is 0 Å². The first kappa shape index (κ1) is 12.6. The Balaban J connectivity index is 2.23. The molecule has 0 amide bonds. The van der Waals surface area contributed by atoms with Crippen LogP contribution in [0.1, 0.15) is 10.4 Å². The quantitative estimate of drug-likeness (QED) is 0.876. The summed E-state index contributed by atoms with van der Waals surface area (Å²) in [5.41, 5.74) is 7.38. The molecule has 2 N–H and O–H groups in total. The van der Waals surface area contributed by atoms with Crippen LogP contribution in [0.25, 0.3) is 0 Å². The van der Waals surface area contributed by atoms with E-state index in [9.17, 15) is 4.21 Å². The Morgan fingerprint density at radius 3 is 2.76 bits per heavy atom. The van der Waals surface area contributed by atoms with Crippen molar-refractivity contribution in [3.05, 3.63) is 45.1 Å². The second-order valence-corrected chi connectivity index (χ2v) is 6.89. The molecular formula is C12H12ClNOS2. The van der Waals surface area contributed by atoms with Crippen molar-refractivity contribution in [1.82, 2.24) is 0 Å². The maximum absolute atomic E-state index is 12.2. The van der Waals surface area contributed by atoms with Crippen LogP contribution >= 0.6 is 22.9 Å². The number of hydrogen-bond donors (Lipinski definition) is 1. The third kappa shape index (κ3) is 2.89. The molecule has 2 nitrogen and oxygen atoms in total. The normalized spacial score (nSPS) is 12.6. The molecule has 0 aliphatic heterocycles. The highest BCUT2D eigenvalue weighted by molar-refractivity contribution is 7.84. The summed E-state index contributed by atoms with van der Waals surface area (Å²) in [5, 5.41) is 0. The van der Waals surface area contributed by atoms with Crippen molar-refractivity contribution in [3.8, 4) is 0 Å². The van der Waals surface area contributed by atoms with E-state index in [0.717, 1.165) is 19.7 Å². The standard InChI is InChI=1S/C12H12ClNOS2/c1-8-10(14)3-2-4-11(8)17(15)7-9-5-6-12(13)16-9/h2-6H,7,14H2,1H3. The molecule has 2 rings (SSSR count). The summed E-state index contributed by atoms with van der Waals surface area (Å²) in [4.78, 5) is 1.82. The Labute approximate surface area is 112 Å². The summed E-state index contributed by atoms with van der Waals surface area (Å²) in [6.07, 6.45) is 0. The van der Waals surface area contributed by atoms with Crippen molar-refractivity contribution in [3.63, 3.8) is 0 Å². The number of anilines is 1. The average molecular weight is 286 g/mol. The lowest BCUT2D eigenvalue weighted by Gasteiger charge is -2.07. The maximum Gasteiger partial charge on any atom is 0.0931 e. The lowest BCUT2D eigenvalue weighted by Crippen LogP contribution is -2.00. The molecule has 1 aromatic heterocycles. The van der Waals surface area contributed by atoms with Gasteiger partial charge in [-0.3, -0.25) is 4.21 Å². The summed E-state index contributed by atoms with van der Waals surface area (Å²) in [7, 11) is -1.07. The van der Waals surface area contributed by atoms with E-state index in [4.69, 9.17) is 17.3 Å². The van der Waals surface area contributed by atoms with Gasteiger partial charge in [-0.1, -0.05) is 17.7 Å². The van der Waals surface area contributed by atoms with Crippen LogP contribution in [0, 0.1) is 6.92 Å². The molecule has 1 atom stereocenters. The average Bonchev–Trinajstić information content (AvgIpc) is 2.68. The van der Waals surface area contributed by atoms with Crippen LogP contribution in [-0.2, 0) is 16.6 Å². The summed E-state index contributed by atoms with van der Waals surface area (Å²) < 4.78 is 12.9. The van der Waals surface area contributed by atoms with Crippen LogP contribution in [0.15, 0.2) is 35.2 Å². The molecule has 90 valence electrons. The number of benzene rings is 1. The molecule has 1 unspecified atom stereocenters. The van der Waals surface area contributed by atoms with Crippen LogP contribution in [0.4, 0.5) is 5.69 Å². The van der Waals surface area contributed by atoms with E-state index < -0.39 is 10.8 Å². The van der Waals surface area contributed by atoms with Gasteiger partial charge in [0.2, 0.25) is 0 Å². The number of halogens is 1. The Kier molecular flexibility index (Phi) is 3.86. The second kappa shape index (κ2) is 5.21. The largest absolute Gasteiger partial charge is 0.398 e. The van der Waals surface area contributed by atoms with E-state index in [1.807, 2.05) is 37.3 Å². The van der Waals surface area contributed by atoms with Gasteiger partial charge in [-0.15, -0.1) is 11.3 Å². The Bertz CT molecular complexity index is 565. The zero-order chi connectivity index (χ0) is 12.4. The zero-order valence-corrected chi connectivity index (χ0v) is 11.7. The SMILES string of the molecule is Cc1c(N)cccc1S(=O)Cc1ccc(Cl)s1. The van der Waals surface area contributed by atoms with Gasteiger partial charge in [-0.05, 0) is 36.8 Å². The van der Waals surface area contributed by atoms with Crippen molar-refractivity contribution in [2.75, 3.05) is 5.73 Å². The first-order valence-electron chi connectivity index (χ1n) is 5.05. The summed E-state index contributed by atoms with van der Waals surface area (Å²) in [6.45, 7) is 1.89. The molecule has 5 heteroatoms. The third-order valence-corrected chi connectivity index (χ3v) is 5.39. The minimum Gasteiger partial charge on any atom is -0.398 e. The zero-order valence-electron chi connectivity index (χ0n) is 9.27. The highest BCUT2D eigenvalue weighted by atomic mass is 35.5. The van der Waals surface area contributed by atoms with Gasteiger partial charge in [0.15, 0.2) is 0 Å². The first-order valence-corrected chi connectivity index (χ1v) is 7.57. The lowest BCUT2D eigenvalue weighted by atomic mass is 10.2. The molecule has 17 heavy (non-hydrogen) atoms. The number of rotatable bonds is 3. The van der Waals surface area contributed by atoms with Crippen LogP contribution in [0.3, 0.4) is 0 Å². The van der Waals surface area contributed by atoms with E-state index in [-0.39, 0.29) is 0 Å². The second-order valence-electron chi connectivity index (χ2n) is 3.67. The fourth-order valence-electron chi connectivity index (χ4n) is 1.51. The number of hydrogen-bond acceptors (Lipinski definition) is 3. The van der Waals surface area contributed by atoms with Crippen LogP contribution in [0.2, 0.25) is 4.34 Å². The Morgan fingerprint density at radius 1 is 1.35 bits per heavy atom. The van der Waals surface area contributed by atoms with Crippen molar-refractivity contribution in [2.45, 2.75) is 17.6 Å². The van der Waals surface area contributed by atoms with Crippen LogP contribution in [-0.4, -0.2) is 4.21 Å². The van der Waals surface area contributed by atoms with Crippen molar-refractivity contribution < 1.29 is 4.21 Å². The number of nitrogens with two attached hydrogens (primary N) is 1. The summed E-state index contributed by atoms with van der Waals surface area (Å²) in [6, 6.07) is 9.24.